The SMILES string of the molecule is CCc1cccc(OCC(=O)c2c(C)[nH]c(C(=O)OC)c2C)c1. The van der Waals surface area contributed by atoms with Crippen LogP contribution in [-0.4, -0.2) is 30.5 Å². The second kappa shape index (κ2) is 7.13. The van der Waals surface area contributed by atoms with E-state index in [2.05, 4.69) is 11.9 Å². The third-order valence-corrected chi connectivity index (χ3v) is 3.78. The zero-order valence-electron chi connectivity index (χ0n) is 13.9. The first kappa shape index (κ1) is 16.8. The fourth-order valence-electron chi connectivity index (χ4n) is 2.55. The lowest BCUT2D eigenvalue weighted by atomic mass is 10.1. The van der Waals surface area contributed by atoms with E-state index in [4.69, 9.17) is 9.47 Å². The van der Waals surface area contributed by atoms with Gasteiger partial charge in [0, 0.05) is 11.3 Å². The molecule has 2 aromatic rings. The summed E-state index contributed by atoms with van der Waals surface area (Å²) in [4.78, 5) is 27.0. The van der Waals surface area contributed by atoms with Gasteiger partial charge in [-0.2, -0.15) is 0 Å². The molecule has 0 radical (unpaired) electrons. The zero-order chi connectivity index (χ0) is 17.0. The molecule has 0 aliphatic rings. The minimum Gasteiger partial charge on any atom is -0.485 e. The highest BCUT2D eigenvalue weighted by Gasteiger charge is 2.22. The molecule has 0 atom stereocenters. The number of aromatic nitrogens is 1. The summed E-state index contributed by atoms with van der Waals surface area (Å²) < 4.78 is 10.3. The predicted octanol–water partition coefficient (Wildman–Crippen LogP) is 3.24. The van der Waals surface area contributed by atoms with Gasteiger partial charge in [0.05, 0.1) is 7.11 Å². The Morgan fingerprint density at radius 3 is 2.61 bits per heavy atom. The van der Waals surface area contributed by atoms with Crippen LogP contribution in [0.2, 0.25) is 0 Å². The summed E-state index contributed by atoms with van der Waals surface area (Å²) in [6, 6.07) is 7.66. The van der Waals surface area contributed by atoms with Gasteiger partial charge >= 0.3 is 5.97 Å². The number of ether oxygens (including phenoxy) is 2. The Hall–Kier alpha value is -2.56. The van der Waals surface area contributed by atoms with Crippen molar-refractivity contribution in [3.8, 4) is 5.75 Å². The normalized spacial score (nSPS) is 10.4. The lowest BCUT2D eigenvalue weighted by Crippen LogP contribution is -2.13. The molecule has 1 aromatic carbocycles. The molecule has 23 heavy (non-hydrogen) atoms. The highest BCUT2D eigenvalue weighted by Crippen LogP contribution is 2.20. The molecular formula is C18H21NO4. The monoisotopic (exact) mass is 315 g/mol. The lowest BCUT2D eigenvalue weighted by Gasteiger charge is -2.07. The third kappa shape index (κ3) is 3.62. The zero-order valence-corrected chi connectivity index (χ0v) is 13.9. The van der Waals surface area contributed by atoms with Crippen molar-refractivity contribution in [2.45, 2.75) is 27.2 Å². The number of nitrogens with one attached hydrogen (secondary N) is 1. The Bertz CT molecular complexity index is 731. The number of hydrogen-bond acceptors (Lipinski definition) is 4. The standard InChI is InChI=1S/C18H21NO4/c1-5-13-7-6-8-14(9-13)23-10-15(20)16-11(2)17(18(21)22-4)19-12(16)3/h6-9,19H,5,10H2,1-4H3. The van der Waals surface area contributed by atoms with Crippen molar-refractivity contribution < 1.29 is 19.1 Å². The van der Waals surface area contributed by atoms with Gasteiger partial charge in [0.15, 0.2) is 6.61 Å². The molecular weight excluding hydrogens is 294 g/mol. The maximum atomic E-state index is 12.4. The number of benzene rings is 1. The van der Waals surface area contributed by atoms with E-state index in [1.54, 1.807) is 13.8 Å². The van der Waals surface area contributed by atoms with Crippen LogP contribution in [-0.2, 0) is 11.2 Å². The first-order valence-corrected chi connectivity index (χ1v) is 7.50. The Morgan fingerprint density at radius 2 is 1.96 bits per heavy atom. The Labute approximate surface area is 135 Å². The van der Waals surface area contributed by atoms with E-state index in [0.717, 1.165) is 12.0 Å². The van der Waals surface area contributed by atoms with Gasteiger partial charge in [-0.15, -0.1) is 0 Å². The van der Waals surface area contributed by atoms with Crippen molar-refractivity contribution in [3.63, 3.8) is 0 Å². The maximum Gasteiger partial charge on any atom is 0.354 e. The van der Waals surface area contributed by atoms with Gasteiger partial charge in [-0.25, -0.2) is 4.79 Å². The first-order chi connectivity index (χ1) is 11.0. The molecule has 0 saturated carbocycles. The highest BCUT2D eigenvalue weighted by atomic mass is 16.5. The molecule has 0 aliphatic carbocycles. The molecule has 2 rings (SSSR count). The van der Waals surface area contributed by atoms with Crippen LogP contribution in [0.1, 0.15) is 44.6 Å². The van der Waals surface area contributed by atoms with E-state index in [1.165, 1.54) is 7.11 Å². The summed E-state index contributed by atoms with van der Waals surface area (Å²) in [6.07, 6.45) is 0.906. The van der Waals surface area contributed by atoms with Crippen LogP contribution in [0.5, 0.6) is 5.75 Å². The number of aromatic amines is 1. The molecule has 5 nitrogen and oxygen atoms in total. The van der Waals surface area contributed by atoms with Crippen LogP contribution < -0.4 is 4.74 Å². The maximum absolute atomic E-state index is 12.4. The summed E-state index contributed by atoms with van der Waals surface area (Å²) in [7, 11) is 1.31. The van der Waals surface area contributed by atoms with Gasteiger partial charge in [-0.05, 0) is 43.5 Å². The second-order valence-corrected chi connectivity index (χ2v) is 5.33. The average molecular weight is 315 g/mol. The van der Waals surface area contributed by atoms with Gasteiger partial charge in [-0.1, -0.05) is 19.1 Å². The summed E-state index contributed by atoms with van der Waals surface area (Å²) in [5.41, 5.74) is 3.17. The molecule has 0 unspecified atom stereocenters. The topological polar surface area (TPSA) is 68.4 Å². The number of methoxy groups -OCH3 is 1. The van der Waals surface area contributed by atoms with Crippen molar-refractivity contribution in [3.05, 3.63) is 52.3 Å². The minimum absolute atomic E-state index is 0.0761. The number of carbonyl (C=O) groups is 2. The Balaban J connectivity index is 2.15. The van der Waals surface area contributed by atoms with E-state index in [1.807, 2.05) is 24.3 Å². The fraction of sp³-hybridized carbons (Fsp3) is 0.333. The summed E-state index contributed by atoms with van der Waals surface area (Å²) in [6.45, 7) is 5.46. The van der Waals surface area contributed by atoms with Gasteiger partial charge in [0.25, 0.3) is 0 Å². The number of hydrogen-bond donors (Lipinski definition) is 1. The first-order valence-electron chi connectivity index (χ1n) is 7.50. The van der Waals surface area contributed by atoms with E-state index in [0.29, 0.717) is 28.3 Å². The molecule has 122 valence electrons. The van der Waals surface area contributed by atoms with E-state index < -0.39 is 5.97 Å². The summed E-state index contributed by atoms with van der Waals surface area (Å²) >= 11 is 0. The van der Waals surface area contributed by atoms with Crippen LogP contribution >= 0.6 is 0 Å². The van der Waals surface area contributed by atoms with Gasteiger partial charge < -0.3 is 14.5 Å². The lowest BCUT2D eigenvalue weighted by molar-refractivity contribution is 0.0594. The van der Waals surface area contributed by atoms with Crippen LogP contribution in [0.25, 0.3) is 0 Å². The average Bonchev–Trinajstić information content (AvgIpc) is 2.86. The molecule has 5 heteroatoms. The van der Waals surface area contributed by atoms with Crippen molar-refractivity contribution in [1.29, 1.82) is 0 Å². The number of rotatable bonds is 6. The van der Waals surface area contributed by atoms with Crippen LogP contribution in [0, 0.1) is 13.8 Å². The van der Waals surface area contributed by atoms with Crippen molar-refractivity contribution in [2.75, 3.05) is 13.7 Å². The van der Waals surface area contributed by atoms with E-state index in [-0.39, 0.29) is 12.4 Å². The second-order valence-electron chi connectivity index (χ2n) is 5.33. The quantitative estimate of drug-likeness (QED) is 0.656. The third-order valence-electron chi connectivity index (χ3n) is 3.78. The molecule has 0 aliphatic heterocycles. The number of carbonyl (C=O) groups excluding carboxylic acids is 2. The van der Waals surface area contributed by atoms with Crippen LogP contribution in [0.3, 0.4) is 0 Å². The number of esters is 1. The van der Waals surface area contributed by atoms with Crippen molar-refractivity contribution in [2.24, 2.45) is 0 Å². The number of ketones is 1. The summed E-state index contributed by atoms with van der Waals surface area (Å²) in [5.74, 6) is 0.00579. The molecule has 1 heterocycles. The van der Waals surface area contributed by atoms with E-state index in [9.17, 15) is 9.59 Å². The molecule has 0 spiro atoms. The number of H-pyrrole nitrogens is 1. The van der Waals surface area contributed by atoms with Crippen LogP contribution in [0.4, 0.5) is 0 Å². The Kier molecular flexibility index (Phi) is 5.21. The van der Waals surface area contributed by atoms with Gasteiger partial charge in [-0.3, -0.25) is 4.79 Å². The van der Waals surface area contributed by atoms with Crippen molar-refractivity contribution in [1.82, 2.24) is 4.98 Å². The molecule has 0 amide bonds. The molecule has 0 bridgehead atoms. The molecule has 1 N–H and O–H groups in total. The minimum atomic E-state index is -0.485. The molecule has 0 saturated heterocycles. The highest BCUT2D eigenvalue weighted by molar-refractivity contribution is 6.03. The fourth-order valence-corrected chi connectivity index (χ4v) is 2.55. The summed E-state index contributed by atoms with van der Waals surface area (Å²) in [5, 5.41) is 0. The van der Waals surface area contributed by atoms with Gasteiger partial charge in [0.2, 0.25) is 5.78 Å². The molecule has 1 aromatic heterocycles. The van der Waals surface area contributed by atoms with E-state index >= 15 is 0 Å². The largest absolute Gasteiger partial charge is 0.485 e. The van der Waals surface area contributed by atoms with Gasteiger partial charge in [0.1, 0.15) is 11.4 Å². The Morgan fingerprint density at radius 1 is 1.22 bits per heavy atom. The number of Topliss-reactive ketones (excluding diaryl/α,β-unsaturated/α-hetero) is 1. The molecule has 0 fully saturated rings. The van der Waals surface area contributed by atoms with Crippen molar-refractivity contribution >= 4 is 11.8 Å². The predicted molar refractivity (Wildman–Crippen MR) is 87.3 cm³/mol. The smallest absolute Gasteiger partial charge is 0.354 e. The number of aryl methyl sites for hydroxylation is 2. The van der Waals surface area contributed by atoms with Crippen LogP contribution in [0.15, 0.2) is 24.3 Å².